The lowest BCUT2D eigenvalue weighted by atomic mass is 9.98. The number of carbonyl (C=O) groups excluding carboxylic acids is 2. The first-order valence-electron chi connectivity index (χ1n) is 6.34. The zero-order chi connectivity index (χ0) is 14.1. The Kier molecular flexibility index (Phi) is 3.28. The summed E-state index contributed by atoms with van der Waals surface area (Å²) < 4.78 is 0. The van der Waals surface area contributed by atoms with E-state index in [0.29, 0.717) is 16.1 Å². The molecule has 0 aliphatic carbocycles. The summed E-state index contributed by atoms with van der Waals surface area (Å²) in [4.78, 5) is 24.1. The van der Waals surface area contributed by atoms with Crippen molar-refractivity contribution in [2.75, 3.05) is 0 Å². The van der Waals surface area contributed by atoms with E-state index in [9.17, 15) is 9.59 Å². The number of benzene rings is 2. The van der Waals surface area contributed by atoms with Crippen molar-refractivity contribution in [1.29, 1.82) is 0 Å². The Balaban J connectivity index is 1.84. The second-order valence-corrected chi connectivity index (χ2v) is 5.19. The molecule has 0 unspecified atom stereocenters. The number of hydrogen-bond donors (Lipinski definition) is 1. The first kappa shape index (κ1) is 12.9. The smallest absolute Gasteiger partial charge is 0.252 e. The lowest BCUT2D eigenvalue weighted by molar-refractivity contribution is 0.0933. The van der Waals surface area contributed by atoms with E-state index in [4.69, 9.17) is 11.6 Å². The van der Waals surface area contributed by atoms with Crippen LogP contribution in [0.2, 0.25) is 5.02 Å². The first-order valence-corrected chi connectivity index (χ1v) is 6.71. The van der Waals surface area contributed by atoms with Gasteiger partial charge < -0.3 is 5.32 Å². The number of carbonyl (C=O) groups is 2. The Morgan fingerprint density at radius 3 is 2.65 bits per heavy atom. The molecule has 3 nitrogen and oxygen atoms in total. The molecule has 1 N–H and O–H groups in total. The molecule has 0 radical (unpaired) electrons. The molecule has 1 amide bonds. The molecular formula is C16H12ClNO2. The van der Waals surface area contributed by atoms with E-state index in [1.54, 1.807) is 30.3 Å². The van der Waals surface area contributed by atoms with Crippen molar-refractivity contribution in [3.8, 4) is 0 Å². The minimum Gasteiger partial charge on any atom is -0.345 e. The maximum absolute atomic E-state index is 12.2. The topological polar surface area (TPSA) is 46.2 Å². The maximum atomic E-state index is 12.2. The van der Waals surface area contributed by atoms with Gasteiger partial charge in [0.2, 0.25) is 0 Å². The molecule has 1 aliphatic rings. The number of nitrogens with one attached hydrogen (secondary N) is 1. The number of halogens is 1. The highest BCUT2D eigenvalue weighted by molar-refractivity contribution is 6.31. The SMILES string of the molecule is O=C(C[C@@H]1NC(=O)c2cc(Cl)ccc21)c1ccccc1. The molecule has 0 spiro atoms. The van der Waals surface area contributed by atoms with Crippen LogP contribution in [0, 0.1) is 0 Å². The number of amides is 1. The van der Waals surface area contributed by atoms with Gasteiger partial charge in [0.1, 0.15) is 0 Å². The number of rotatable bonds is 3. The van der Waals surface area contributed by atoms with E-state index in [0.717, 1.165) is 5.56 Å². The minimum atomic E-state index is -0.275. The van der Waals surface area contributed by atoms with Crippen LogP contribution in [0.25, 0.3) is 0 Å². The molecule has 0 saturated carbocycles. The summed E-state index contributed by atoms with van der Waals surface area (Å²) >= 11 is 5.89. The van der Waals surface area contributed by atoms with E-state index in [1.165, 1.54) is 0 Å². The van der Waals surface area contributed by atoms with Crippen molar-refractivity contribution >= 4 is 23.3 Å². The average molecular weight is 286 g/mol. The van der Waals surface area contributed by atoms with Crippen molar-refractivity contribution < 1.29 is 9.59 Å². The van der Waals surface area contributed by atoms with Crippen molar-refractivity contribution in [2.45, 2.75) is 12.5 Å². The molecule has 1 atom stereocenters. The number of fused-ring (bicyclic) bond motifs is 1. The van der Waals surface area contributed by atoms with Gasteiger partial charge in [-0.2, -0.15) is 0 Å². The Morgan fingerprint density at radius 1 is 1.15 bits per heavy atom. The summed E-state index contributed by atoms with van der Waals surface area (Å²) in [6, 6.07) is 14.0. The predicted octanol–water partition coefficient (Wildman–Crippen LogP) is 3.40. The van der Waals surface area contributed by atoms with Crippen LogP contribution in [-0.4, -0.2) is 11.7 Å². The molecule has 0 aromatic heterocycles. The summed E-state index contributed by atoms with van der Waals surface area (Å²) in [6.45, 7) is 0. The normalized spacial score (nSPS) is 16.6. The molecular weight excluding hydrogens is 274 g/mol. The standard InChI is InChI=1S/C16H12ClNO2/c17-11-6-7-12-13(8-11)16(20)18-14(12)9-15(19)10-4-2-1-3-5-10/h1-8,14H,9H2,(H,18,20)/t14-/m0/s1. The van der Waals surface area contributed by atoms with E-state index < -0.39 is 0 Å². The molecule has 100 valence electrons. The van der Waals surface area contributed by atoms with Crippen LogP contribution >= 0.6 is 11.6 Å². The van der Waals surface area contributed by atoms with Crippen LogP contribution in [-0.2, 0) is 0 Å². The average Bonchev–Trinajstić information content (AvgIpc) is 2.76. The highest BCUT2D eigenvalue weighted by atomic mass is 35.5. The van der Waals surface area contributed by atoms with Gasteiger partial charge in [0.25, 0.3) is 5.91 Å². The lowest BCUT2D eigenvalue weighted by Crippen LogP contribution is -2.21. The van der Waals surface area contributed by atoms with Gasteiger partial charge in [-0.05, 0) is 17.7 Å². The van der Waals surface area contributed by atoms with Gasteiger partial charge in [0.15, 0.2) is 5.78 Å². The van der Waals surface area contributed by atoms with Gasteiger partial charge in [0.05, 0.1) is 6.04 Å². The largest absolute Gasteiger partial charge is 0.345 e. The third-order valence-electron chi connectivity index (χ3n) is 3.43. The number of Topliss-reactive ketones (excluding diaryl/α,β-unsaturated/α-hetero) is 1. The quantitative estimate of drug-likeness (QED) is 0.879. The molecule has 0 fully saturated rings. The van der Waals surface area contributed by atoms with Gasteiger partial charge in [-0.1, -0.05) is 48.0 Å². The lowest BCUT2D eigenvalue weighted by Gasteiger charge is -2.10. The van der Waals surface area contributed by atoms with Crippen LogP contribution in [0.15, 0.2) is 48.5 Å². The minimum absolute atomic E-state index is 0.0127. The van der Waals surface area contributed by atoms with Gasteiger partial charge >= 0.3 is 0 Å². The van der Waals surface area contributed by atoms with Gasteiger partial charge in [-0.3, -0.25) is 9.59 Å². The Morgan fingerprint density at radius 2 is 1.90 bits per heavy atom. The fraction of sp³-hybridized carbons (Fsp3) is 0.125. The van der Waals surface area contributed by atoms with Crippen LogP contribution < -0.4 is 5.32 Å². The first-order chi connectivity index (χ1) is 9.65. The zero-order valence-electron chi connectivity index (χ0n) is 10.6. The van der Waals surface area contributed by atoms with Crippen LogP contribution in [0.3, 0.4) is 0 Å². The van der Waals surface area contributed by atoms with Crippen LogP contribution in [0.1, 0.15) is 38.7 Å². The highest BCUT2D eigenvalue weighted by Gasteiger charge is 2.30. The zero-order valence-corrected chi connectivity index (χ0v) is 11.4. The molecule has 0 saturated heterocycles. The van der Waals surface area contributed by atoms with Crippen molar-refractivity contribution in [3.05, 3.63) is 70.2 Å². The molecule has 0 bridgehead atoms. The van der Waals surface area contributed by atoms with E-state index in [1.807, 2.05) is 18.2 Å². The Labute approximate surface area is 121 Å². The summed E-state index contributed by atoms with van der Waals surface area (Å²) in [6.07, 6.45) is 0.254. The fourth-order valence-electron chi connectivity index (χ4n) is 2.43. The molecule has 20 heavy (non-hydrogen) atoms. The maximum Gasteiger partial charge on any atom is 0.252 e. The second kappa shape index (κ2) is 5.10. The van der Waals surface area contributed by atoms with E-state index >= 15 is 0 Å². The second-order valence-electron chi connectivity index (χ2n) is 4.75. The molecule has 2 aromatic rings. The van der Waals surface area contributed by atoms with Crippen molar-refractivity contribution in [2.24, 2.45) is 0 Å². The van der Waals surface area contributed by atoms with Crippen molar-refractivity contribution in [1.82, 2.24) is 5.32 Å². The predicted molar refractivity (Wildman–Crippen MR) is 77.0 cm³/mol. The van der Waals surface area contributed by atoms with Crippen LogP contribution in [0.5, 0.6) is 0 Å². The highest BCUT2D eigenvalue weighted by Crippen LogP contribution is 2.30. The Bertz CT molecular complexity index is 682. The molecule has 1 aliphatic heterocycles. The third kappa shape index (κ3) is 2.32. The summed E-state index contributed by atoms with van der Waals surface area (Å²) in [5, 5.41) is 3.35. The molecule has 1 heterocycles. The van der Waals surface area contributed by atoms with E-state index in [-0.39, 0.29) is 24.2 Å². The van der Waals surface area contributed by atoms with Gasteiger partial charge in [0, 0.05) is 22.6 Å². The number of hydrogen-bond acceptors (Lipinski definition) is 2. The van der Waals surface area contributed by atoms with Gasteiger partial charge in [-0.25, -0.2) is 0 Å². The van der Waals surface area contributed by atoms with Crippen LogP contribution in [0.4, 0.5) is 0 Å². The molecule has 3 rings (SSSR count). The number of ketones is 1. The summed E-state index contributed by atoms with van der Waals surface area (Å²) in [5.41, 5.74) is 2.05. The summed E-state index contributed by atoms with van der Waals surface area (Å²) in [7, 11) is 0. The molecule has 2 aromatic carbocycles. The Hall–Kier alpha value is -2.13. The monoisotopic (exact) mass is 285 g/mol. The molecule has 4 heteroatoms. The van der Waals surface area contributed by atoms with E-state index in [2.05, 4.69) is 5.32 Å². The van der Waals surface area contributed by atoms with Gasteiger partial charge in [-0.15, -0.1) is 0 Å². The third-order valence-corrected chi connectivity index (χ3v) is 3.66. The fourth-order valence-corrected chi connectivity index (χ4v) is 2.60. The summed E-state index contributed by atoms with van der Waals surface area (Å²) in [5.74, 6) is -0.160. The van der Waals surface area contributed by atoms with Crippen molar-refractivity contribution in [3.63, 3.8) is 0 Å².